The van der Waals surface area contributed by atoms with Crippen molar-refractivity contribution >= 4 is 11.9 Å². The van der Waals surface area contributed by atoms with Gasteiger partial charge in [-0.3, -0.25) is 4.79 Å². The highest BCUT2D eigenvalue weighted by Gasteiger charge is 2.87. The van der Waals surface area contributed by atoms with E-state index in [1.54, 1.807) is 12.1 Å². The zero-order valence-electron chi connectivity index (χ0n) is 14.1. The number of ether oxygens (including phenoxy) is 2. The fourth-order valence-corrected chi connectivity index (χ4v) is 6.63. The summed E-state index contributed by atoms with van der Waals surface area (Å²) in [5.74, 6) is 0.720. The van der Waals surface area contributed by atoms with E-state index in [-0.39, 0.29) is 35.8 Å². The van der Waals surface area contributed by atoms with Crippen LogP contribution in [0.25, 0.3) is 0 Å². The van der Waals surface area contributed by atoms with Crippen LogP contribution in [0.5, 0.6) is 0 Å². The summed E-state index contributed by atoms with van der Waals surface area (Å²) in [7, 11) is 1.42. The summed E-state index contributed by atoms with van der Waals surface area (Å²) >= 11 is 0. The summed E-state index contributed by atoms with van der Waals surface area (Å²) in [4.78, 5) is 25.3. The number of rotatable bonds is 3. The van der Waals surface area contributed by atoms with E-state index in [4.69, 9.17) is 9.47 Å². The van der Waals surface area contributed by atoms with Crippen LogP contribution in [0.3, 0.4) is 0 Å². The molecule has 1 N–H and O–H groups in total. The Morgan fingerprint density at radius 1 is 1.12 bits per heavy atom. The summed E-state index contributed by atoms with van der Waals surface area (Å²) < 4.78 is 11.1. The van der Waals surface area contributed by atoms with Gasteiger partial charge < -0.3 is 14.6 Å². The van der Waals surface area contributed by atoms with Crippen LogP contribution < -0.4 is 0 Å². The van der Waals surface area contributed by atoms with E-state index in [1.165, 1.54) is 7.11 Å². The summed E-state index contributed by atoms with van der Waals surface area (Å²) in [6, 6.07) is 8.99. The van der Waals surface area contributed by atoms with Crippen molar-refractivity contribution in [3.05, 3.63) is 35.9 Å². The van der Waals surface area contributed by atoms with Gasteiger partial charge in [-0.05, 0) is 49.1 Å². The van der Waals surface area contributed by atoms with Crippen molar-refractivity contribution in [2.45, 2.75) is 31.5 Å². The van der Waals surface area contributed by atoms with Gasteiger partial charge in [-0.25, -0.2) is 4.79 Å². The molecule has 0 saturated heterocycles. The lowest BCUT2D eigenvalue weighted by atomic mass is 9.73. The molecule has 5 saturated carbocycles. The molecule has 8 atom stereocenters. The van der Waals surface area contributed by atoms with Gasteiger partial charge in [-0.15, -0.1) is 0 Å². The van der Waals surface area contributed by atoms with Crippen LogP contribution in [0.2, 0.25) is 0 Å². The van der Waals surface area contributed by atoms with Crippen LogP contribution in [0.1, 0.15) is 29.6 Å². The van der Waals surface area contributed by atoms with Crippen molar-refractivity contribution in [3.63, 3.8) is 0 Å². The predicted molar refractivity (Wildman–Crippen MR) is 87.4 cm³/mol. The number of methoxy groups -OCH3 is 1. The van der Waals surface area contributed by atoms with Crippen LogP contribution in [0.15, 0.2) is 30.3 Å². The van der Waals surface area contributed by atoms with E-state index in [9.17, 15) is 14.7 Å². The van der Waals surface area contributed by atoms with E-state index in [1.807, 2.05) is 18.2 Å². The summed E-state index contributed by atoms with van der Waals surface area (Å²) in [5, 5.41) is 10.3. The summed E-state index contributed by atoms with van der Waals surface area (Å²) in [6.45, 7) is 0. The molecule has 0 heterocycles. The highest BCUT2D eigenvalue weighted by atomic mass is 16.5. The maximum absolute atomic E-state index is 12.7. The Hall–Kier alpha value is -1.88. The number of hydrogen-bond acceptors (Lipinski definition) is 5. The minimum Gasteiger partial charge on any atom is -0.469 e. The molecule has 5 nitrogen and oxygen atoms in total. The zero-order valence-corrected chi connectivity index (χ0v) is 14.1. The first kappa shape index (κ1) is 15.4. The van der Waals surface area contributed by atoms with Gasteiger partial charge in [0.25, 0.3) is 0 Å². The average molecular weight is 342 g/mol. The predicted octanol–water partition coefficient (Wildman–Crippen LogP) is 2.04. The second kappa shape index (κ2) is 5.07. The second-order valence-corrected chi connectivity index (χ2v) is 8.07. The maximum Gasteiger partial charge on any atom is 0.338 e. The molecule has 132 valence electrons. The topological polar surface area (TPSA) is 72.8 Å². The normalized spacial score (nSPS) is 45.6. The maximum atomic E-state index is 12.7. The van der Waals surface area contributed by atoms with Crippen LogP contribution >= 0.6 is 0 Å². The number of carbonyl (C=O) groups is 2. The molecule has 5 aliphatic carbocycles. The highest BCUT2D eigenvalue weighted by molar-refractivity contribution is 5.90. The molecule has 0 aromatic heterocycles. The van der Waals surface area contributed by atoms with Gasteiger partial charge in [0.2, 0.25) is 0 Å². The standard InChI is InChI=1S/C20H22O5/c1-24-19(23)20-9-11(21)7-8-12-13-14(16(13)20)17(15(12)20)25-18(22)10-5-3-2-4-6-10/h2-6,11-17,21H,7-9H2,1H3/t11-,12+,13-,14+,15+,16+,17+,20-/m0/s1. The number of carbonyl (C=O) groups excluding carboxylic acids is 2. The van der Waals surface area contributed by atoms with Crippen LogP contribution in [0.4, 0.5) is 0 Å². The third-order valence-corrected chi connectivity index (χ3v) is 7.24. The average Bonchev–Trinajstić information content (AvgIpc) is 3.14. The van der Waals surface area contributed by atoms with Gasteiger partial charge in [-0.2, -0.15) is 0 Å². The Kier molecular flexibility index (Phi) is 3.12. The first-order chi connectivity index (χ1) is 12.1. The van der Waals surface area contributed by atoms with Crippen molar-refractivity contribution in [1.82, 2.24) is 0 Å². The molecule has 0 aliphatic heterocycles. The first-order valence-electron chi connectivity index (χ1n) is 9.12. The fraction of sp³-hybridized carbons (Fsp3) is 0.600. The third-order valence-electron chi connectivity index (χ3n) is 7.24. The van der Waals surface area contributed by atoms with Crippen molar-refractivity contribution in [1.29, 1.82) is 0 Å². The molecule has 6 rings (SSSR count). The van der Waals surface area contributed by atoms with E-state index >= 15 is 0 Å². The lowest BCUT2D eigenvalue weighted by Gasteiger charge is -2.33. The molecule has 25 heavy (non-hydrogen) atoms. The van der Waals surface area contributed by atoms with Crippen molar-refractivity contribution in [3.8, 4) is 0 Å². The Morgan fingerprint density at radius 2 is 1.88 bits per heavy atom. The molecule has 5 aliphatic rings. The Labute approximate surface area is 146 Å². The molecular formula is C20H22O5. The van der Waals surface area contributed by atoms with Crippen LogP contribution in [-0.4, -0.2) is 36.4 Å². The first-order valence-corrected chi connectivity index (χ1v) is 9.12. The Bertz CT molecular complexity index is 731. The number of esters is 2. The molecule has 1 aromatic rings. The molecular weight excluding hydrogens is 320 g/mol. The highest BCUT2D eigenvalue weighted by Crippen LogP contribution is 2.83. The molecule has 0 unspecified atom stereocenters. The summed E-state index contributed by atoms with van der Waals surface area (Å²) in [5.41, 5.74) is -0.120. The number of aliphatic hydroxyl groups excluding tert-OH is 1. The zero-order chi connectivity index (χ0) is 17.3. The smallest absolute Gasteiger partial charge is 0.338 e. The molecule has 1 aromatic carbocycles. The largest absolute Gasteiger partial charge is 0.469 e. The van der Waals surface area contributed by atoms with Crippen molar-refractivity contribution < 1.29 is 24.2 Å². The molecule has 0 spiro atoms. The van der Waals surface area contributed by atoms with E-state index < -0.39 is 11.5 Å². The minimum atomic E-state index is -0.660. The molecule has 5 fully saturated rings. The van der Waals surface area contributed by atoms with Crippen molar-refractivity contribution in [2.24, 2.45) is 35.0 Å². The monoisotopic (exact) mass is 342 g/mol. The molecule has 5 heteroatoms. The van der Waals surface area contributed by atoms with Gasteiger partial charge in [0.05, 0.1) is 24.2 Å². The van der Waals surface area contributed by atoms with E-state index in [2.05, 4.69) is 0 Å². The Morgan fingerprint density at radius 3 is 2.60 bits per heavy atom. The van der Waals surface area contributed by atoms with Crippen LogP contribution in [0, 0.1) is 35.0 Å². The Balaban J connectivity index is 1.47. The summed E-state index contributed by atoms with van der Waals surface area (Å²) in [6.07, 6.45) is 1.36. The minimum absolute atomic E-state index is 0.00948. The van der Waals surface area contributed by atoms with Gasteiger partial charge in [0, 0.05) is 11.8 Å². The molecule has 0 radical (unpaired) electrons. The van der Waals surface area contributed by atoms with Crippen LogP contribution in [-0.2, 0) is 14.3 Å². The number of benzene rings is 1. The quantitative estimate of drug-likeness (QED) is 0.851. The lowest BCUT2D eigenvalue weighted by Crippen LogP contribution is -2.42. The lowest BCUT2D eigenvalue weighted by molar-refractivity contribution is -0.159. The fourth-order valence-electron chi connectivity index (χ4n) is 6.63. The number of aliphatic hydroxyl groups is 1. The van der Waals surface area contributed by atoms with Gasteiger partial charge in [0.15, 0.2) is 0 Å². The van der Waals surface area contributed by atoms with Gasteiger partial charge >= 0.3 is 11.9 Å². The van der Waals surface area contributed by atoms with Crippen molar-refractivity contribution in [2.75, 3.05) is 7.11 Å². The van der Waals surface area contributed by atoms with E-state index in [0.29, 0.717) is 23.8 Å². The number of hydrogen-bond donors (Lipinski definition) is 1. The van der Waals surface area contributed by atoms with E-state index in [0.717, 1.165) is 12.8 Å². The third kappa shape index (κ3) is 1.82. The molecule has 6 bridgehead atoms. The van der Waals surface area contributed by atoms with Gasteiger partial charge in [-0.1, -0.05) is 18.2 Å². The van der Waals surface area contributed by atoms with Gasteiger partial charge in [0.1, 0.15) is 6.10 Å². The molecule has 0 amide bonds. The SMILES string of the molecule is COC(=O)[C@@]12C[C@@H](O)CC[C@@H]3[C@H]4[C@@H]([C@@H](OC(=O)c5ccccc5)[C@@H]31)[C@@H]42. The second-order valence-electron chi connectivity index (χ2n) is 8.07.